The van der Waals surface area contributed by atoms with Gasteiger partial charge in [-0.25, -0.2) is 0 Å². The van der Waals surface area contributed by atoms with Crippen molar-refractivity contribution in [2.24, 2.45) is 0 Å². The molecule has 2 rings (SSSR count). The predicted molar refractivity (Wildman–Crippen MR) is 103 cm³/mol. The maximum Gasteiger partial charge on any atom is 0.145 e. The second-order valence-corrected chi connectivity index (χ2v) is 8.76. The van der Waals surface area contributed by atoms with Crippen molar-refractivity contribution in [2.45, 2.75) is 99.3 Å². The van der Waals surface area contributed by atoms with Gasteiger partial charge in [0.1, 0.15) is 11.5 Å². The Hall–Kier alpha value is -1.58. The van der Waals surface area contributed by atoms with Crippen molar-refractivity contribution in [2.75, 3.05) is 0 Å². The van der Waals surface area contributed by atoms with Gasteiger partial charge in [0.05, 0.1) is 11.4 Å². The lowest BCUT2D eigenvalue weighted by Crippen LogP contribution is -2.13. The molecule has 0 amide bonds. The molecular weight excluding hydrogens is 312 g/mol. The van der Waals surface area contributed by atoms with Crippen LogP contribution in [0, 0.1) is 13.8 Å². The van der Waals surface area contributed by atoms with Crippen LogP contribution in [-0.4, -0.2) is 10.3 Å². The van der Waals surface area contributed by atoms with Crippen molar-refractivity contribution in [1.82, 2.24) is 10.3 Å². The summed E-state index contributed by atoms with van der Waals surface area (Å²) in [4.78, 5) is 0. The molecule has 4 heteroatoms. The standard InChI is InChI=1S/C11H19NO.C10H17NO/c1-7(2)9-8(3)12-13-10(9)11(4,5)6;1-6(2)9-8(5)12-11-10(9)7(3)4/h7H,1-6H3;6-7H,1-5H3. The molecule has 0 aliphatic carbocycles. The molecule has 0 saturated heterocycles. The molecule has 2 aromatic rings. The average Bonchev–Trinajstić information content (AvgIpc) is 3.01. The van der Waals surface area contributed by atoms with E-state index in [1.54, 1.807) is 0 Å². The Labute approximate surface area is 153 Å². The highest BCUT2D eigenvalue weighted by Crippen LogP contribution is 2.32. The van der Waals surface area contributed by atoms with Crippen LogP contribution >= 0.6 is 0 Å². The van der Waals surface area contributed by atoms with E-state index in [0.29, 0.717) is 17.8 Å². The lowest BCUT2D eigenvalue weighted by atomic mass is 9.86. The molecule has 25 heavy (non-hydrogen) atoms. The minimum Gasteiger partial charge on any atom is -0.361 e. The minimum absolute atomic E-state index is 0.0564. The fourth-order valence-corrected chi connectivity index (χ4v) is 3.11. The topological polar surface area (TPSA) is 52.1 Å². The van der Waals surface area contributed by atoms with E-state index >= 15 is 0 Å². The Morgan fingerprint density at radius 2 is 1.24 bits per heavy atom. The molecule has 2 heterocycles. The van der Waals surface area contributed by atoms with Crippen LogP contribution in [0.4, 0.5) is 0 Å². The van der Waals surface area contributed by atoms with Crippen LogP contribution in [0.5, 0.6) is 0 Å². The zero-order chi connectivity index (χ0) is 19.5. The molecular formula is C21H36N2O2. The van der Waals surface area contributed by atoms with Gasteiger partial charge in [-0.05, 0) is 31.6 Å². The zero-order valence-corrected chi connectivity index (χ0v) is 17.9. The Kier molecular flexibility index (Phi) is 7.04. The lowest BCUT2D eigenvalue weighted by Gasteiger charge is -2.17. The van der Waals surface area contributed by atoms with Gasteiger partial charge in [-0.3, -0.25) is 0 Å². The first kappa shape index (κ1) is 21.5. The van der Waals surface area contributed by atoms with Crippen molar-refractivity contribution in [3.05, 3.63) is 34.0 Å². The largest absolute Gasteiger partial charge is 0.361 e. The van der Waals surface area contributed by atoms with Gasteiger partial charge in [0.2, 0.25) is 0 Å². The van der Waals surface area contributed by atoms with Crippen LogP contribution in [-0.2, 0) is 5.41 Å². The van der Waals surface area contributed by atoms with Gasteiger partial charge >= 0.3 is 0 Å². The summed E-state index contributed by atoms with van der Waals surface area (Å²) in [5.74, 6) is 3.45. The molecule has 0 atom stereocenters. The molecule has 0 radical (unpaired) electrons. The zero-order valence-electron chi connectivity index (χ0n) is 17.9. The molecule has 2 aromatic heterocycles. The summed E-state index contributed by atoms with van der Waals surface area (Å²) in [6.45, 7) is 23.4. The summed E-state index contributed by atoms with van der Waals surface area (Å²) in [6.07, 6.45) is 0. The van der Waals surface area contributed by atoms with Crippen LogP contribution in [0.15, 0.2) is 9.05 Å². The van der Waals surface area contributed by atoms with Crippen molar-refractivity contribution in [1.29, 1.82) is 0 Å². The van der Waals surface area contributed by atoms with E-state index < -0.39 is 0 Å². The second kappa shape index (κ2) is 8.20. The fourth-order valence-electron chi connectivity index (χ4n) is 3.11. The van der Waals surface area contributed by atoms with Crippen LogP contribution in [0.1, 0.15) is 114 Å². The van der Waals surface area contributed by atoms with Crippen LogP contribution < -0.4 is 0 Å². The molecule has 0 bridgehead atoms. The third kappa shape index (κ3) is 5.20. The summed E-state index contributed by atoms with van der Waals surface area (Å²) in [7, 11) is 0. The second-order valence-electron chi connectivity index (χ2n) is 8.76. The first-order chi connectivity index (χ1) is 11.4. The Morgan fingerprint density at radius 3 is 1.56 bits per heavy atom. The maximum absolute atomic E-state index is 5.37. The molecule has 0 aromatic carbocycles. The van der Waals surface area contributed by atoms with E-state index in [0.717, 1.165) is 22.9 Å². The molecule has 0 saturated carbocycles. The number of hydrogen-bond donors (Lipinski definition) is 0. The molecule has 4 nitrogen and oxygen atoms in total. The van der Waals surface area contributed by atoms with Gasteiger partial charge < -0.3 is 9.05 Å². The highest BCUT2D eigenvalue weighted by Gasteiger charge is 2.26. The first-order valence-corrected chi connectivity index (χ1v) is 9.30. The first-order valence-electron chi connectivity index (χ1n) is 9.30. The van der Waals surface area contributed by atoms with E-state index in [1.807, 2.05) is 13.8 Å². The van der Waals surface area contributed by atoms with Gasteiger partial charge in [-0.1, -0.05) is 72.6 Å². The van der Waals surface area contributed by atoms with Gasteiger partial charge in [-0.15, -0.1) is 0 Å². The van der Waals surface area contributed by atoms with E-state index in [2.05, 4.69) is 72.6 Å². The van der Waals surface area contributed by atoms with Gasteiger partial charge in [0, 0.05) is 16.5 Å². The van der Waals surface area contributed by atoms with Crippen LogP contribution in [0.2, 0.25) is 0 Å². The summed E-state index contributed by atoms with van der Waals surface area (Å²) in [6, 6.07) is 0. The van der Waals surface area contributed by atoms with Crippen LogP contribution in [0.3, 0.4) is 0 Å². The summed E-state index contributed by atoms with van der Waals surface area (Å²) < 4.78 is 10.5. The van der Waals surface area contributed by atoms with Gasteiger partial charge in [0.15, 0.2) is 0 Å². The van der Waals surface area contributed by atoms with Crippen LogP contribution in [0.25, 0.3) is 0 Å². The number of nitrogens with zero attached hydrogens (tertiary/aromatic N) is 2. The van der Waals surface area contributed by atoms with Gasteiger partial charge in [0.25, 0.3) is 0 Å². The predicted octanol–water partition coefficient (Wildman–Crippen LogP) is 6.63. The fraction of sp³-hybridized carbons (Fsp3) is 0.714. The number of aryl methyl sites for hydroxylation is 2. The van der Waals surface area contributed by atoms with Crippen molar-refractivity contribution in [3.8, 4) is 0 Å². The molecule has 0 unspecified atom stereocenters. The number of hydrogen-bond acceptors (Lipinski definition) is 4. The van der Waals surface area contributed by atoms with Crippen molar-refractivity contribution < 1.29 is 9.05 Å². The third-order valence-electron chi connectivity index (χ3n) is 4.23. The van der Waals surface area contributed by atoms with Crippen molar-refractivity contribution >= 4 is 0 Å². The number of rotatable bonds is 3. The Bertz CT molecular complexity index is 671. The third-order valence-corrected chi connectivity index (χ3v) is 4.23. The average molecular weight is 349 g/mol. The smallest absolute Gasteiger partial charge is 0.145 e. The molecule has 0 aliphatic heterocycles. The van der Waals surface area contributed by atoms with E-state index in [1.165, 1.54) is 11.1 Å². The molecule has 0 fully saturated rings. The van der Waals surface area contributed by atoms with Crippen molar-refractivity contribution in [3.63, 3.8) is 0 Å². The Balaban J connectivity index is 0.000000251. The van der Waals surface area contributed by atoms with Gasteiger partial charge in [-0.2, -0.15) is 0 Å². The van der Waals surface area contributed by atoms with E-state index in [4.69, 9.17) is 9.05 Å². The summed E-state index contributed by atoms with van der Waals surface area (Å²) in [5, 5.41) is 8.09. The molecule has 0 spiro atoms. The normalized spacial score (nSPS) is 12.1. The molecule has 0 N–H and O–H groups in total. The SMILES string of the molecule is Cc1noc(C(C)(C)C)c1C(C)C.Cc1onc(C(C)C)c1C(C)C. The summed E-state index contributed by atoms with van der Waals surface area (Å²) >= 11 is 0. The minimum atomic E-state index is 0.0564. The Morgan fingerprint density at radius 1 is 0.720 bits per heavy atom. The highest BCUT2D eigenvalue weighted by molar-refractivity contribution is 5.30. The summed E-state index contributed by atoms with van der Waals surface area (Å²) in [5.41, 5.74) is 4.75. The number of aromatic nitrogens is 2. The lowest BCUT2D eigenvalue weighted by molar-refractivity contribution is 0.324. The molecule has 142 valence electrons. The monoisotopic (exact) mass is 348 g/mol. The quantitative estimate of drug-likeness (QED) is 0.624. The van der Waals surface area contributed by atoms with E-state index in [-0.39, 0.29) is 5.41 Å². The highest BCUT2D eigenvalue weighted by atomic mass is 16.5. The van der Waals surface area contributed by atoms with E-state index in [9.17, 15) is 0 Å². The molecule has 0 aliphatic rings. The maximum atomic E-state index is 5.37.